The van der Waals surface area contributed by atoms with Crippen LogP contribution in [0.4, 0.5) is 18.9 Å². The molecule has 0 unspecified atom stereocenters. The van der Waals surface area contributed by atoms with Crippen molar-refractivity contribution in [3.8, 4) is 0 Å². The molecule has 2 amide bonds. The average molecular weight is 421 g/mol. The number of halogens is 3. The van der Waals surface area contributed by atoms with E-state index in [4.69, 9.17) is 0 Å². The maximum absolute atomic E-state index is 12.9. The molecular weight excluding hydrogens is 399 g/mol. The molecule has 1 aliphatic heterocycles. The van der Waals surface area contributed by atoms with E-state index < -0.39 is 17.6 Å². The molecule has 1 aromatic carbocycles. The molecule has 1 saturated heterocycles. The van der Waals surface area contributed by atoms with Gasteiger partial charge in [0.25, 0.3) is 5.91 Å². The molecule has 2 heterocycles. The first-order valence-corrected chi connectivity index (χ1v) is 9.51. The van der Waals surface area contributed by atoms with Gasteiger partial charge in [0.05, 0.1) is 17.5 Å². The second kappa shape index (κ2) is 9.10. The van der Waals surface area contributed by atoms with Gasteiger partial charge in [0, 0.05) is 51.0 Å². The molecule has 0 atom stereocenters. The monoisotopic (exact) mass is 421 g/mol. The van der Waals surface area contributed by atoms with Gasteiger partial charge in [0.1, 0.15) is 5.69 Å². The molecule has 1 aromatic heterocycles. The highest BCUT2D eigenvalue weighted by Gasteiger charge is 2.31. The van der Waals surface area contributed by atoms with Crippen LogP contribution in [0.1, 0.15) is 28.2 Å². The number of aromatic nitrogens is 2. The summed E-state index contributed by atoms with van der Waals surface area (Å²) in [6, 6.07) is 5.19. The normalized spacial score (nSPS) is 14.5. The summed E-state index contributed by atoms with van der Waals surface area (Å²) >= 11 is 0. The quantitative estimate of drug-likeness (QED) is 0.802. The lowest BCUT2D eigenvalue weighted by Crippen LogP contribution is -2.49. The van der Waals surface area contributed by atoms with Gasteiger partial charge in [-0.2, -0.15) is 13.2 Å². The van der Waals surface area contributed by atoms with Gasteiger partial charge < -0.3 is 15.1 Å². The molecule has 0 radical (unpaired) electrons. The largest absolute Gasteiger partial charge is 0.416 e. The van der Waals surface area contributed by atoms with Gasteiger partial charge >= 0.3 is 6.18 Å². The molecule has 3 rings (SSSR count). The van der Waals surface area contributed by atoms with Crippen LogP contribution in [0.5, 0.6) is 0 Å². The van der Waals surface area contributed by atoms with E-state index in [0.717, 1.165) is 12.1 Å². The average Bonchev–Trinajstić information content (AvgIpc) is 2.73. The summed E-state index contributed by atoms with van der Waals surface area (Å²) in [7, 11) is 0. The van der Waals surface area contributed by atoms with Crippen molar-refractivity contribution in [1.29, 1.82) is 0 Å². The highest BCUT2D eigenvalue weighted by Crippen LogP contribution is 2.31. The van der Waals surface area contributed by atoms with E-state index in [2.05, 4.69) is 15.3 Å². The Hall–Kier alpha value is -3.17. The lowest BCUT2D eigenvalue weighted by Gasteiger charge is -2.36. The van der Waals surface area contributed by atoms with E-state index in [-0.39, 0.29) is 24.6 Å². The number of nitrogens with zero attached hydrogens (tertiary/aromatic N) is 4. The van der Waals surface area contributed by atoms with Gasteiger partial charge in [0.15, 0.2) is 0 Å². The Balaban J connectivity index is 1.45. The lowest BCUT2D eigenvalue weighted by molar-refractivity contribution is -0.137. The van der Waals surface area contributed by atoms with E-state index in [0.29, 0.717) is 37.6 Å². The molecular formula is C20H22F3N5O2. The van der Waals surface area contributed by atoms with Crippen molar-refractivity contribution in [3.05, 3.63) is 53.6 Å². The van der Waals surface area contributed by atoms with E-state index >= 15 is 0 Å². The Bertz CT molecular complexity index is 894. The van der Waals surface area contributed by atoms with Crippen molar-refractivity contribution in [2.75, 3.05) is 37.6 Å². The van der Waals surface area contributed by atoms with Crippen molar-refractivity contribution < 1.29 is 22.8 Å². The molecule has 0 bridgehead atoms. The van der Waals surface area contributed by atoms with Crippen LogP contribution in [-0.2, 0) is 11.0 Å². The lowest BCUT2D eigenvalue weighted by atomic mass is 10.1. The van der Waals surface area contributed by atoms with E-state index in [1.807, 2.05) is 4.90 Å². The van der Waals surface area contributed by atoms with E-state index in [1.54, 1.807) is 17.9 Å². The molecule has 0 saturated carbocycles. The fourth-order valence-electron chi connectivity index (χ4n) is 3.13. The van der Waals surface area contributed by atoms with Crippen molar-refractivity contribution in [1.82, 2.24) is 20.2 Å². The first-order chi connectivity index (χ1) is 14.2. The van der Waals surface area contributed by atoms with Crippen LogP contribution in [0.3, 0.4) is 0 Å². The summed E-state index contributed by atoms with van der Waals surface area (Å²) in [4.78, 5) is 35.8. The highest BCUT2D eigenvalue weighted by atomic mass is 19.4. The number of hydrogen-bond donors (Lipinski definition) is 1. The van der Waals surface area contributed by atoms with Crippen LogP contribution in [-0.4, -0.2) is 59.4 Å². The molecule has 0 aliphatic carbocycles. The zero-order valence-electron chi connectivity index (χ0n) is 16.4. The minimum atomic E-state index is -4.39. The predicted molar refractivity (Wildman–Crippen MR) is 104 cm³/mol. The van der Waals surface area contributed by atoms with Gasteiger partial charge in [0.2, 0.25) is 5.91 Å². The number of aryl methyl sites for hydroxylation is 1. The zero-order valence-corrected chi connectivity index (χ0v) is 16.4. The maximum Gasteiger partial charge on any atom is 0.416 e. The van der Waals surface area contributed by atoms with Crippen LogP contribution in [0.2, 0.25) is 0 Å². The third-order valence-electron chi connectivity index (χ3n) is 4.81. The van der Waals surface area contributed by atoms with Gasteiger partial charge in [-0.25, -0.2) is 4.98 Å². The zero-order chi connectivity index (χ0) is 21.7. The second-order valence-corrected chi connectivity index (χ2v) is 6.96. The summed E-state index contributed by atoms with van der Waals surface area (Å²) in [5, 5.41) is 2.64. The van der Waals surface area contributed by atoms with Crippen LogP contribution in [0.25, 0.3) is 0 Å². The van der Waals surface area contributed by atoms with Gasteiger partial charge in [-0.15, -0.1) is 0 Å². The maximum atomic E-state index is 12.9. The van der Waals surface area contributed by atoms with Gasteiger partial charge in [-0.3, -0.25) is 14.6 Å². The molecule has 1 N–H and O–H groups in total. The minimum absolute atomic E-state index is 0.117. The topological polar surface area (TPSA) is 78.4 Å². The minimum Gasteiger partial charge on any atom is -0.368 e. The number of piperazine rings is 1. The standard InChI is InChI=1S/C20H22F3N5O2/c1-14-12-26-17(13-25-14)19(30)24-6-5-18(29)28-9-7-27(8-10-28)16-4-2-3-15(11-16)20(21,22)23/h2-4,11-13H,5-10H2,1H3,(H,24,30). The number of nitrogens with one attached hydrogen (secondary N) is 1. The third-order valence-corrected chi connectivity index (χ3v) is 4.81. The van der Waals surface area contributed by atoms with Crippen LogP contribution < -0.4 is 10.2 Å². The SMILES string of the molecule is Cc1cnc(C(=O)NCCC(=O)N2CCN(c3cccc(C(F)(F)F)c3)CC2)cn1. The van der Waals surface area contributed by atoms with Crippen molar-refractivity contribution in [3.63, 3.8) is 0 Å². The molecule has 160 valence electrons. The van der Waals surface area contributed by atoms with E-state index in [9.17, 15) is 22.8 Å². The molecule has 1 aliphatic rings. The van der Waals surface area contributed by atoms with Crippen molar-refractivity contribution >= 4 is 17.5 Å². The number of hydrogen-bond acceptors (Lipinski definition) is 5. The fourth-order valence-corrected chi connectivity index (χ4v) is 3.13. The fraction of sp³-hybridized carbons (Fsp3) is 0.400. The first kappa shape index (κ1) is 21.5. The Kier molecular flexibility index (Phi) is 6.53. The molecule has 1 fully saturated rings. The molecule has 2 aromatic rings. The number of rotatable bonds is 5. The van der Waals surface area contributed by atoms with Crippen molar-refractivity contribution in [2.45, 2.75) is 19.5 Å². The Morgan fingerprint density at radius 3 is 2.47 bits per heavy atom. The number of carbonyl (C=O) groups excluding carboxylic acids is 2. The Morgan fingerprint density at radius 1 is 1.10 bits per heavy atom. The van der Waals surface area contributed by atoms with Gasteiger partial charge in [-0.05, 0) is 25.1 Å². The number of carbonyl (C=O) groups is 2. The predicted octanol–water partition coefficient (Wildman–Crippen LogP) is 2.27. The Morgan fingerprint density at radius 2 is 1.83 bits per heavy atom. The smallest absolute Gasteiger partial charge is 0.368 e. The summed E-state index contributed by atoms with van der Waals surface area (Å²) in [5.41, 5.74) is 0.685. The second-order valence-electron chi connectivity index (χ2n) is 6.96. The first-order valence-electron chi connectivity index (χ1n) is 9.51. The summed E-state index contributed by atoms with van der Waals surface area (Å²) in [6.07, 6.45) is -1.39. The number of anilines is 1. The number of benzene rings is 1. The number of amides is 2. The molecule has 0 spiro atoms. The van der Waals surface area contributed by atoms with E-state index in [1.165, 1.54) is 18.5 Å². The van der Waals surface area contributed by atoms with Crippen LogP contribution >= 0.6 is 0 Å². The van der Waals surface area contributed by atoms with Crippen LogP contribution in [0, 0.1) is 6.92 Å². The molecule has 10 heteroatoms. The Labute approximate surface area is 171 Å². The molecule has 7 nitrogen and oxygen atoms in total. The highest BCUT2D eigenvalue weighted by molar-refractivity contribution is 5.92. The summed E-state index contributed by atoms with van der Waals surface area (Å²) in [6.45, 7) is 3.64. The third kappa shape index (κ3) is 5.46. The van der Waals surface area contributed by atoms with Gasteiger partial charge in [-0.1, -0.05) is 6.07 Å². The number of alkyl halides is 3. The van der Waals surface area contributed by atoms with Crippen molar-refractivity contribution in [2.24, 2.45) is 0 Å². The summed E-state index contributed by atoms with van der Waals surface area (Å²) in [5.74, 6) is -0.515. The molecule has 30 heavy (non-hydrogen) atoms. The summed E-state index contributed by atoms with van der Waals surface area (Å²) < 4.78 is 38.7. The van der Waals surface area contributed by atoms with Crippen LogP contribution in [0.15, 0.2) is 36.7 Å².